The van der Waals surface area contributed by atoms with E-state index in [1.165, 1.54) is 0 Å². The number of nitrogens with zero attached hydrogens (tertiary/aromatic N) is 1. The number of aromatic nitrogens is 1. The second-order valence-corrected chi connectivity index (χ2v) is 7.40. The van der Waals surface area contributed by atoms with E-state index in [0.29, 0.717) is 19.4 Å². The Kier molecular flexibility index (Phi) is 5.34. The third kappa shape index (κ3) is 4.37. The third-order valence-corrected chi connectivity index (χ3v) is 5.31. The predicted molar refractivity (Wildman–Crippen MR) is 108 cm³/mol. The molecule has 0 atom stereocenters. The van der Waals surface area contributed by atoms with Gasteiger partial charge in [0.25, 0.3) is 0 Å². The van der Waals surface area contributed by atoms with Gasteiger partial charge >= 0.3 is 6.09 Å². The van der Waals surface area contributed by atoms with Crippen molar-refractivity contribution in [2.45, 2.75) is 19.4 Å². The predicted octanol–water partition coefficient (Wildman–Crippen LogP) is 3.77. The van der Waals surface area contributed by atoms with Gasteiger partial charge in [0, 0.05) is 29.6 Å². The molecule has 4 rings (SSSR count). The molecule has 1 aliphatic heterocycles. The van der Waals surface area contributed by atoms with Crippen LogP contribution in [0.15, 0.2) is 53.9 Å². The molecule has 2 aromatic carbocycles. The van der Waals surface area contributed by atoms with Gasteiger partial charge in [-0.15, -0.1) is 11.3 Å². The van der Waals surface area contributed by atoms with E-state index in [2.05, 4.69) is 15.6 Å². The van der Waals surface area contributed by atoms with Gasteiger partial charge in [-0.3, -0.25) is 4.79 Å². The number of rotatable bonds is 6. The van der Waals surface area contributed by atoms with Crippen molar-refractivity contribution in [3.63, 3.8) is 0 Å². The third-order valence-electron chi connectivity index (χ3n) is 4.40. The molecule has 0 unspecified atom stereocenters. The van der Waals surface area contributed by atoms with Crippen molar-refractivity contribution >= 4 is 29.0 Å². The highest BCUT2D eigenvalue weighted by Crippen LogP contribution is 2.29. The zero-order valence-corrected chi connectivity index (χ0v) is 15.9. The molecule has 2 N–H and O–H groups in total. The molecular weight excluding hydrogens is 374 g/mol. The quantitative estimate of drug-likeness (QED) is 0.668. The molecule has 0 radical (unpaired) electrons. The maximum atomic E-state index is 11.8. The normalized spacial score (nSPS) is 12.4. The topological polar surface area (TPSA) is 80.3 Å². The molecule has 2 heterocycles. The van der Waals surface area contributed by atoms with Crippen molar-refractivity contribution in [1.82, 2.24) is 10.3 Å². The number of anilines is 1. The molecule has 28 heavy (non-hydrogen) atoms. The first kappa shape index (κ1) is 18.2. The van der Waals surface area contributed by atoms with E-state index in [-0.39, 0.29) is 12.5 Å². The Morgan fingerprint density at radius 1 is 1.21 bits per heavy atom. The molecular formula is C21H19N3O3S. The van der Waals surface area contributed by atoms with Gasteiger partial charge in [0.2, 0.25) is 5.91 Å². The summed E-state index contributed by atoms with van der Waals surface area (Å²) in [7, 11) is 0. The van der Waals surface area contributed by atoms with Crippen LogP contribution < -0.4 is 10.6 Å². The first-order valence-electron chi connectivity index (χ1n) is 8.99. The summed E-state index contributed by atoms with van der Waals surface area (Å²) >= 11 is 1.55. The number of hydrogen-bond donors (Lipinski definition) is 2. The van der Waals surface area contributed by atoms with Crippen molar-refractivity contribution in [1.29, 1.82) is 0 Å². The minimum Gasteiger partial charge on any atom is -0.445 e. The summed E-state index contributed by atoms with van der Waals surface area (Å²) in [4.78, 5) is 27.9. The fourth-order valence-electron chi connectivity index (χ4n) is 2.99. The van der Waals surface area contributed by atoms with E-state index < -0.39 is 6.09 Å². The molecule has 1 aromatic heterocycles. The number of hydrogen-bond acceptors (Lipinski definition) is 5. The Morgan fingerprint density at radius 3 is 2.93 bits per heavy atom. The van der Waals surface area contributed by atoms with Gasteiger partial charge in [-0.05, 0) is 23.3 Å². The first-order valence-corrected chi connectivity index (χ1v) is 9.87. The van der Waals surface area contributed by atoms with Crippen molar-refractivity contribution in [3.8, 4) is 11.3 Å². The highest BCUT2D eigenvalue weighted by atomic mass is 32.1. The summed E-state index contributed by atoms with van der Waals surface area (Å²) in [6, 6.07) is 15.4. The molecule has 1 aliphatic rings. The first-order chi connectivity index (χ1) is 13.7. The molecule has 0 saturated heterocycles. The van der Waals surface area contributed by atoms with Crippen LogP contribution in [0.25, 0.3) is 11.3 Å². The summed E-state index contributed by atoms with van der Waals surface area (Å²) in [6.45, 7) is 0.715. The van der Waals surface area contributed by atoms with E-state index >= 15 is 0 Å². The fraction of sp³-hybridized carbons (Fsp3) is 0.190. The van der Waals surface area contributed by atoms with Gasteiger partial charge < -0.3 is 15.4 Å². The Morgan fingerprint density at radius 2 is 2.07 bits per heavy atom. The Labute approximate surface area is 166 Å². The van der Waals surface area contributed by atoms with Crippen LogP contribution in [-0.2, 0) is 29.0 Å². The maximum Gasteiger partial charge on any atom is 0.407 e. The number of carbonyl (C=O) groups is 2. The average Bonchev–Trinajstić information content (AvgIpc) is 3.32. The largest absolute Gasteiger partial charge is 0.445 e. The molecule has 0 spiro atoms. The minimum absolute atomic E-state index is 0.0244. The van der Waals surface area contributed by atoms with Crippen molar-refractivity contribution in [2.75, 3.05) is 11.9 Å². The lowest BCUT2D eigenvalue weighted by Crippen LogP contribution is -2.26. The number of thiazole rings is 1. The van der Waals surface area contributed by atoms with E-state index in [1.54, 1.807) is 11.3 Å². The smallest absolute Gasteiger partial charge is 0.407 e. The Bertz CT molecular complexity index is 1000. The average molecular weight is 393 g/mol. The van der Waals surface area contributed by atoms with Crippen LogP contribution in [0.5, 0.6) is 0 Å². The van der Waals surface area contributed by atoms with Crippen LogP contribution in [-0.4, -0.2) is 23.5 Å². The lowest BCUT2D eigenvalue weighted by molar-refractivity contribution is -0.115. The molecule has 0 fully saturated rings. The number of fused-ring (bicyclic) bond motifs is 1. The molecule has 6 nitrogen and oxygen atoms in total. The fourth-order valence-corrected chi connectivity index (χ4v) is 3.80. The van der Waals surface area contributed by atoms with Gasteiger partial charge in [-0.25, -0.2) is 9.78 Å². The van der Waals surface area contributed by atoms with E-state index in [0.717, 1.165) is 33.1 Å². The van der Waals surface area contributed by atoms with Crippen LogP contribution in [0.4, 0.5) is 10.5 Å². The number of alkyl carbamates (subject to hydrolysis) is 1. The minimum atomic E-state index is -0.434. The summed E-state index contributed by atoms with van der Waals surface area (Å²) in [5.74, 6) is 0.0244. The Balaban J connectivity index is 1.27. The van der Waals surface area contributed by atoms with Gasteiger partial charge in [0.05, 0.1) is 17.1 Å². The lowest BCUT2D eigenvalue weighted by atomic mass is 10.1. The van der Waals surface area contributed by atoms with Gasteiger partial charge in [0.15, 0.2) is 0 Å². The molecule has 3 aromatic rings. The number of benzene rings is 2. The van der Waals surface area contributed by atoms with Crippen molar-refractivity contribution in [2.24, 2.45) is 0 Å². The zero-order valence-electron chi connectivity index (χ0n) is 15.1. The highest BCUT2D eigenvalue weighted by Gasteiger charge is 2.18. The van der Waals surface area contributed by atoms with E-state index in [1.807, 2.05) is 53.9 Å². The molecule has 0 bridgehead atoms. The summed E-state index contributed by atoms with van der Waals surface area (Å²) in [6.07, 6.45) is 0.613. The monoisotopic (exact) mass is 393 g/mol. The number of ether oxygens (including phenoxy) is 1. The van der Waals surface area contributed by atoms with E-state index in [4.69, 9.17) is 4.74 Å². The van der Waals surface area contributed by atoms with Crippen molar-refractivity contribution < 1.29 is 14.3 Å². The Hall–Kier alpha value is -3.19. The zero-order chi connectivity index (χ0) is 19.3. The van der Waals surface area contributed by atoms with Crippen LogP contribution in [0.1, 0.15) is 16.1 Å². The summed E-state index contributed by atoms with van der Waals surface area (Å²) in [5, 5.41) is 8.51. The van der Waals surface area contributed by atoms with Crippen molar-refractivity contribution in [3.05, 3.63) is 70.0 Å². The van der Waals surface area contributed by atoms with Gasteiger partial charge in [-0.2, -0.15) is 0 Å². The summed E-state index contributed by atoms with van der Waals surface area (Å²) < 4.78 is 5.19. The van der Waals surface area contributed by atoms with Crippen LogP contribution in [0, 0.1) is 0 Å². The number of nitrogens with one attached hydrogen (secondary N) is 2. The highest BCUT2D eigenvalue weighted by molar-refractivity contribution is 7.09. The molecule has 2 amide bonds. The van der Waals surface area contributed by atoms with Crippen LogP contribution >= 0.6 is 11.3 Å². The number of carbonyl (C=O) groups excluding carboxylic acids is 2. The molecule has 0 aliphatic carbocycles. The van der Waals surface area contributed by atoms with Crippen LogP contribution in [0.2, 0.25) is 0 Å². The van der Waals surface area contributed by atoms with Gasteiger partial charge in [-0.1, -0.05) is 36.4 Å². The number of amides is 2. The van der Waals surface area contributed by atoms with E-state index in [9.17, 15) is 9.59 Å². The SMILES string of the molecule is O=C1Cc2cc(-c3csc(CCNC(=O)OCc4ccccc4)n3)ccc2N1. The standard InChI is InChI=1S/C21H19N3O3S/c25-19-11-16-10-15(6-7-17(16)23-19)18-13-28-20(24-18)8-9-22-21(26)27-12-14-4-2-1-3-5-14/h1-7,10,13H,8-9,11-12H2,(H,22,26)(H,23,25). The van der Waals surface area contributed by atoms with Gasteiger partial charge in [0.1, 0.15) is 6.61 Å². The molecule has 7 heteroatoms. The molecule has 0 saturated carbocycles. The van der Waals surface area contributed by atoms with Crippen LogP contribution in [0.3, 0.4) is 0 Å². The summed E-state index contributed by atoms with van der Waals surface area (Å²) in [5.41, 5.74) is 4.71. The second-order valence-electron chi connectivity index (χ2n) is 6.46. The molecule has 142 valence electrons. The second kappa shape index (κ2) is 8.22. The maximum absolute atomic E-state index is 11.8. The lowest BCUT2D eigenvalue weighted by Gasteiger charge is -2.06.